The summed E-state index contributed by atoms with van der Waals surface area (Å²) in [6, 6.07) is 15.0. The highest BCUT2D eigenvalue weighted by Gasteiger charge is 2.12. The van der Waals surface area contributed by atoms with E-state index < -0.39 is 0 Å². The Hall–Kier alpha value is -4.33. The maximum Gasteiger partial charge on any atom is 0.265 e. The minimum atomic E-state index is -0.308. The molecule has 0 saturated heterocycles. The zero-order valence-corrected chi connectivity index (χ0v) is 22.1. The molecule has 3 aromatic carbocycles. The number of carbonyl (C=O) groups is 2. The molecule has 0 aliphatic carbocycles. The summed E-state index contributed by atoms with van der Waals surface area (Å²) in [5.41, 5.74) is 7.45. The van der Waals surface area contributed by atoms with Crippen LogP contribution >= 0.6 is 0 Å². The Morgan fingerprint density at radius 1 is 0.784 bits per heavy atom. The van der Waals surface area contributed by atoms with Gasteiger partial charge < -0.3 is 24.9 Å². The van der Waals surface area contributed by atoms with Crippen LogP contribution in [0.2, 0.25) is 0 Å². The summed E-state index contributed by atoms with van der Waals surface area (Å²) in [5.74, 6) is 0.279. The van der Waals surface area contributed by atoms with Crippen molar-refractivity contribution in [2.45, 2.75) is 34.6 Å². The first kappa shape index (κ1) is 27.3. The molecule has 0 saturated carbocycles. The zero-order valence-electron chi connectivity index (χ0n) is 22.1. The molecular weight excluding hydrogens is 470 g/mol. The number of nitrogens with one attached hydrogen (secondary N) is 2. The van der Waals surface area contributed by atoms with Gasteiger partial charge in [0, 0.05) is 16.9 Å². The summed E-state index contributed by atoms with van der Waals surface area (Å²) >= 11 is 0. The normalized spacial score (nSPS) is 10.8. The largest absolute Gasteiger partial charge is 0.493 e. The Labute approximate surface area is 217 Å². The number of carbonyl (C=O) groups excluding carboxylic acids is 2. The van der Waals surface area contributed by atoms with Crippen molar-refractivity contribution in [2.24, 2.45) is 5.16 Å². The third-order valence-electron chi connectivity index (χ3n) is 5.47. The zero-order chi connectivity index (χ0) is 26.9. The first-order valence-corrected chi connectivity index (χ1v) is 11.9. The molecule has 37 heavy (non-hydrogen) atoms. The molecule has 0 aliphatic heterocycles. The van der Waals surface area contributed by atoms with Crippen LogP contribution in [-0.4, -0.2) is 38.4 Å². The highest BCUT2D eigenvalue weighted by Crippen LogP contribution is 2.28. The average Bonchev–Trinajstić information content (AvgIpc) is 2.82. The van der Waals surface area contributed by atoms with Gasteiger partial charge in [0.15, 0.2) is 24.7 Å². The van der Waals surface area contributed by atoms with Crippen molar-refractivity contribution >= 4 is 29.4 Å². The van der Waals surface area contributed by atoms with Gasteiger partial charge in [-0.3, -0.25) is 9.59 Å². The molecular formula is C29H33N3O5. The van der Waals surface area contributed by atoms with E-state index in [1.54, 1.807) is 18.2 Å². The number of methoxy groups -OCH3 is 1. The van der Waals surface area contributed by atoms with E-state index >= 15 is 0 Å². The minimum absolute atomic E-state index is 0.171. The number of nitrogens with zero attached hydrogens (tertiary/aromatic N) is 1. The smallest absolute Gasteiger partial charge is 0.265 e. The number of amides is 2. The second-order valence-electron chi connectivity index (χ2n) is 8.95. The van der Waals surface area contributed by atoms with Crippen molar-refractivity contribution in [3.8, 4) is 11.5 Å². The maximum absolute atomic E-state index is 12.5. The topological polar surface area (TPSA) is 98.2 Å². The van der Waals surface area contributed by atoms with Crippen LogP contribution in [0.3, 0.4) is 0 Å². The first-order chi connectivity index (χ1) is 17.6. The lowest BCUT2D eigenvalue weighted by molar-refractivity contribution is -0.120. The van der Waals surface area contributed by atoms with Crippen LogP contribution in [0.15, 0.2) is 53.7 Å². The van der Waals surface area contributed by atoms with Crippen LogP contribution in [0.5, 0.6) is 11.5 Å². The van der Waals surface area contributed by atoms with Crippen molar-refractivity contribution in [2.75, 3.05) is 31.0 Å². The average molecular weight is 504 g/mol. The van der Waals surface area contributed by atoms with Gasteiger partial charge in [-0.1, -0.05) is 28.9 Å². The lowest BCUT2D eigenvalue weighted by atomic mass is 10.1. The van der Waals surface area contributed by atoms with Crippen molar-refractivity contribution in [1.82, 2.24) is 0 Å². The summed E-state index contributed by atoms with van der Waals surface area (Å²) in [5, 5.41) is 9.56. The SMILES string of the molecule is COc1cc(/C=N\OCC(=O)Nc2cc(C)cc(C)c2)ccc1OCC(=O)Nc1c(C)cc(C)cc1C. The molecule has 2 N–H and O–H groups in total. The molecule has 0 unspecified atom stereocenters. The van der Waals surface area contributed by atoms with Crippen molar-refractivity contribution in [1.29, 1.82) is 0 Å². The highest BCUT2D eigenvalue weighted by atomic mass is 16.6. The number of anilines is 2. The fourth-order valence-corrected chi connectivity index (χ4v) is 4.02. The van der Waals surface area contributed by atoms with E-state index in [1.165, 1.54) is 13.3 Å². The van der Waals surface area contributed by atoms with Gasteiger partial charge in [-0.05, 0) is 87.2 Å². The number of aryl methyl sites for hydroxylation is 5. The van der Waals surface area contributed by atoms with Crippen LogP contribution in [0.25, 0.3) is 0 Å². The van der Waals surface area contributed by atoms with E-state index in [9.17, 15) is 9.59 Å². The molecule has 0 atom stereocenters. The molecule has 0 aliphatic rings. The lowest BCUT2D eigenvalue weighted by Crippen LogP contribution is -2.21. The summed E-state index contributed by atoms with van der Waals surface area (Å²) in [6.07, 6.45) is 1.46. The van der Waals surface area contributed by atoms with Crippen LogP contribution in [0, 0.1) is 34.6 Å². The van der Waals surface area contributed by atoms with E-state index in [0.717, 1.165) is 33.5 Å². The summed E-state index contributed by atoms with van der Waals surface area (Å²) in [6.45, 7) is 9.48. The van der Waals surface area contributed by atoms with Gasteiger partial charge in [-0.2, -0.15) is 0 Å². The summed E-state index contributed by atoms with van der Waals surface area (Å²) < 4.78 is 11.1. The predicted octanol–water partition coefficient (Wildman–Crippen LogP) is 5.24. The first-order valence-electron chi connectivity index (χ1n) is 11.9. The molecule has 0 aromatic heterocycles. The van der Waals surface area contributed by atoms with Gasteiger partial charge in [0.25, 0.3) is 11.8 Å². The Kier molecular flexibility index (Phi) is 9.27. The second-order valence-corrected chi connectivity index (χ2v) is 8.95. The maximum atomic E-state index is 12.5. The summed E-state index contributed by atoms with van der Waals surface area (Å²) in [4.78, 5) is 29.7. The van der Waals surface area contributed by atoms with Crippen molar-refractivity contribution in [3.05, 3.63) is 81.9 Å². The van der Waals surface area contributed by atoms with Crippen molar-refractivity contribution < 1.29 is 23.9 Å². The monoisotopic (exact) mass is 503 g/mol. The van der Waals surface area contributed by atoms with Gasteiger partial charge >= 0.3 is 0 Å². The second kappa shape index (κ2) is 12.6. The van der Waals surface area contributed by atoms with Gasteiger partial charge in [-0.15, -0.1) is 0 Å². The fraction of sp³-hybridized carbons (Fsp3) is 0.276. The van der Waals surface area contributed by atoms with E-state index in [-0.39, 0.29) is 25.0 Å². The van der Waals surface area contributed by atoms with Crippen LogP contribution < -0.4 is 20.1 Å². The molecule has 0 fully saturated rings. The minimum Gasteiger partial charge on any atom is -0.493 e. The molecule has 194 valence electrons. The Bertz CT molecular complexity index is 1270. The van der Waals surface area contributed by atoms with E-state index in [0.29, 0.717) is 22.7 Å². The molecule has 0 bridgehead atoms. The number of rotatable bonds is 10. The highest BCUT2D eigenvalue weighted by molar-refractivity contribution is 5.93. The summed E-state index contributed by atoms with van der Waals surface area (Å²) in [7, 11) is 1.51. The van der Waals surface area contributed by atoms with Crippen LogP contribution in [0.4, 0.5) is 11.4 Å². The van der Waals surface area contributed by atoms with Gasteiger partial charge in [-0.25, -0.2) is 0 Å². The number of benzene rings is 3. The number of oxime groups is 1. The molecule has 3 rings (SSSR count). The van der Waals surface area contributed by atoms with Gasteiger partial charge in [0.05, 0.1) is 13.3 Å². The van der Waals surface area contributed by atoms with Crippen LogP contribution in [-0.2, 0) is 14.4 Å². The van der Waals surface area contributed by atoms with E-state index in [1.807, 2.05) is 65.0 Å². The lowest BCUT2D eigenvalue weighted by Gasteiger charge is -2.14. The number of hydrogen-bond acceptors (Lipinski definition) is 6. The molecule has 3 aromatic rings. The Balaban J connectivity index is 1.51. The molecule has 8 heteroatoms. The number of ether oxygens (including phenoxy) is 2. The molecule has 8 nitrogen and oxygen atoms in total. The van der Waals surface area contributed by atoms with Gasteiger partial charge in [0.2, 0.25) is 0 Å². The van der Waals surface area contributed by atoms with Crippen molar-refractivity contribution in [3.63, 3.8) is 0 Å². The van der Waals surface area contributed by atoms with E-state index in [4.69, 9.17) is 14.3 Å². The standard InChI is InChI=1S/C29H33N3O5/c1-18-9-19(2)13-24(12-18)31-28(34)17-37-30-15-23-7-8-25(26(14-23)35-6)36-16-27(33)32-29-21(4)10-20(3)11-22(29)5/h7-15H,16-17H2,1-6H3,(H,31,34)(H,32,33)/b30-15-. The Morgan fingerprint density at radius 2 is 1.41 bits per heavy atom. The van der Waals surface area contributed by atoms with E-state index in [2.05, 4.69) is 15.8 Å². The van der Waals surface area contributed by atoms with Crippen LogP contribution in [0.1, 0.15) is 33.4 Å². The van der Waals surface area contributed by atoms with Gasteiger partial charge in [0.1, 0.15) is 0 Å². The number of hydrogen-bond donors (Lipinski definition) is 2. The predicted molar refractivity (Wildman–Crippen MR) is 146 cm³/mol. The Morgan fingerprint density at radius 3 is 2.05 bits per heavy atom. The third kappa shape index (κ3) is 8.10. The molecule has 0 spiro atoms. The quantitative estimate of drug-likeness (QED) is 0.291. The molecule has 0 heterocycles. The third-order valence-corrected chi connectivity index (χ3v) is 5.47. The molecule has 2 amide bonds. The fourth-order valence-electron chi connectivity index (χ4n) is 4.02. The molecule has 0 radical (unpaired) electrons.